The molecule has 0 spiro atoms. The van der Waals surface area contributed by atoms with Gasteiger partial charge in [-0.25, -0.2) is 0 Å². The van der Waals surface area contributed by atoms with Crippen LogP contribution in [0.4, 0.5) is 0 Å². The minimum atomic E-state index is -0.0230. The Morgan fingerprint density at radius 2 is 1.93 bits per heavy atom. The van der Waals surface area contributed by atoms with Crippen molar-refractivity contribution in [3.05, 3.63) is 35.9 Å². The monoisotopic (exact) mass is 205 g/mol. The number of nitrogens with one attached hydrogen (secondary N) is 1. The Labute approximate surface area is 91.7 Å². The van der Waals surface area contributed by atoms with Gasteiger partial charge in [-0.2, -0.15) is 0 Å². The second-order valence-electron chi connectivity index (χ2n) is 4.09. The number of rotatable bonds is 6. The summed E-state index contributed by atoms with van der Waals surface area (Å²) in [7, 11) is 0. The summed E-state index contributed by atoms with van der Waals surface area (Å²) in [5, 5.41) is 3.23. The second-order valence-corrected chi connectivity index (χ2v) is 4.09. The molecule has 1 aromatic rings. The lowest BCUT2D eigenvalue weighted by atomic mass is 10.1. The van der Waals surface area contributed by atoms with Gasteiger partial charge < -0.3 is 10.1 Å². The first kappa shape index (κ1) is 11.9. The van der Waals surface area contributed by atoms with E-state index in [0.29, 0.717) is 6.04 Å². The molecular weight excluding hydrogens is 186 g/mol. The average Bonchev–Trinajstić information content (AvgIpc) is 2.25. The number of carbonyl (C=O) groups is 1. The lowest BCUT2D eigenvalue weighted by Crippen LogP contribution is -2.36. The van der Waals surface area contributed by atoms with Gasteiger partial charge in [0, 0.05) is 6.04 Å². The predicted molar refractivity (Wildman–Crippen MR) is 62.9 cm³/mol. The Kier molecular flexibility index (Phi) is 5.05. The fraction of sp³-hybridized carbons (Fsp3) is 0.462. The molecule has 0 bridgehead atoms. The molecule has 2 heteroatoms. The zero-order valence-corrected chi connectivity index (χ0v) is 9.44. The van der Waals surface area contributed by atoms with Crippen LogP contribution in [0.2, 0.25) is 0 Å². The second kappa shape index (κ2) is 6.36. The molecule has 0 aromatic heterocycles. The van der Waals surface area contributed by atoms with E-state index in [2.05, 4.69) is 31.3 Å². The van der Waals surface area contributed by atoms with Crippen molar-refractivity contribution < 1.29 is 4.79 Å². The molecule has 0 fully saturated rings. The minimum absolute atomic E-state index is 0.0230. The summed E-state index contributed by atoms with van der Waals surface area (Å²) in [6.07, 6.45) is 2.82. The van der Waals surface area contributed by atoms with Gasteiger partial charge in [0.1, 0.15) is 6.29 Å². The van der Waals surface area contributed by atoms with Crippen molar-refractivity contribution in [2.45, 2.75) is 38.8 Å². The summed E-state index contributed by atoms with van der Waals surface area (Å²) < 4.78 is 0. The minimum Gasteiger partial charge on any atom is -0.305 e. The van der Waals surface area contributed by atoms with Crippen LogP contribution in [0.3, 0.4) is 0 Å². The number of carbonyl (C=O) groups excluding carboxylic acids is 1. The Hall–Kier alpha value is -1.15. The summed E-state index contributed by atoms with van der Waals surface area (Å²) in [4.78, 5) is 10.8. The fourth-order valence-electron chi connectivity index (χ4n) is 1.59. The maximum atomic E-state index is 10.8. The third-order valence-electron chi connectivity index (χ3n) is 2.30. The van der Waals surface area contributed by atoms with Crippen LogP contribution in [0.5, 0.6) is 0 Å². The first-order chi connectivity index (χ1) is 7.22. The Balaban J connectivity index is 2.38. The molecule has 0 saturated heterocycles. The standard InChI is InChI=1S/C13H19NO/c1-11(2)14-13(10-15)9-8-12-6-4-3-5-7-12/h3-7,10-11,13-14H,8-9H2,1-2H3/t13-/m0/s1. The molecule has 0 unspecified atom stereocenters. The third-order valence-corrected chi connectivity index (χ3v) is 2.30. The highest BCUT2D eigenvalue weighted by Crippen LogP contribution is 2.04. The van der Waals surface area contributed by atoms with Crippen molar-refractivity contribution in [3.63, 3.8) is 0 Å². The summed E-state index contributed by atoms with van der Waals surface area (Å²) in [5.41, 5.74) is 1.29. The number of aldehydes is 1. The summed E-state index contributed by atoms with van der Waals surface area (Å²) >= 11 is 0. The molecule has 2 nitrogen and oxygen atoms in total. The maximum Gasteiger partial charge on any atom is 0.136 e. The van der Waals surface area contributed by atoms with Crippen molar-refractivity contribution in [2.75, 3.05) is 0 Å². The summed E-state index contributed by atoms with van der Waals surface area (Å²) in [6.45, 7) is 4.11. The van der Waals surface area contributed by atoms with Crippen molar-refractivity contribution in [3.8, 4) is 0 Å². The van der Waals surface area contributed by atoms with Crippen LogP contribution in [0.15, 0.2) is 30.3 Å². The lowest BCUT2D eigenvalue weighted by Gasteiger charge is -2.15. The lowest BCUT2D eigenvalue weighted by molar-refractivity contribution is -0.109. The van der Waals surface area contributed by atoms with E-state index in [1.54, 1.807) is 0 Å². The van der Waals surface area contributed by atoms with Gasteiger partial charge in [-0.05, 0) is 18.4 Å². The smallest absolute Gasteiger partial charge is 0.136 e. The van der Waals surface area contributed by atoms with Crippen LogP contribution in [0, 0.1) is 0 Å². The van der Waals surface area contributed by atoms with Gasteiger partial charge in [-0.1, -0.05) is 44.2 Å². The van der Waals surface area contributed by atoms with E-state index in [1.807, 2.05) is 18.2 Å². The van der Waals surface area contributed by atoms with Gasteiger partial charge in [0.2, 0.25) is 0 Å². The molecule has 15 heavy (non-hydrogen) atoms. The molecule has 1 aromatic carbocycles. The van der Waals surface area contributed by atoms with Crippen molar-refractivity contribution >= 4 is 6.29 Å². The summed E-state index contributed by atoms with van der Waals surface area (Å²) in [6, 6.07) is 10.6. The molecule has 82 valence electrons. The topological polar surface area (TPSA) is 29.1 Å². The van der Waals surface area contributed by atoms with E-state index in [1.165, 1.54) is 5.56 Å². The molecule has 1 atom stereocenters. The molecule has 1 rings (SSSR count). The molecule has 0 aliphatic heterocycles. The van der Waals surface area contributed by atoms with Gasteiger partial charge in [0.05, 0.1) is 6.04 Å². The van der Waals surface area contributed by atoms with E-state index in [0.717, 1.165) is 19.1 Å². The SMILES string of the molecule is CC(C)N[C@H](C=O)CCc1ccccc1. The number of hydrogen-bond acceptors (Lipinski definition) is 2. The number of benzene rings is 1. The van der Waals surface area contributed by atoms with Gasteiger partial charge >= 0.3 is 0 Å². The zero-order valence-electron chi connectivity index (χ0n) is 9.44. The molecule has 0 heterocycles. The molecule has 0 aliphatic rings. The van der Waals surface area contributed by atoms with E-state index in [9.17, 15) is 4.79 Å². The van der Waals surface area contributed by atoms with Crippen LogP contribution in [0.1, 0.15) is 25.8 Å². The largest absolute Gasteiger partial charge is 0.305 e. The van der Waals surface area contributed by atoms with Crippen molar-refractivity contribution in [1.29, 1.82) is 0 Å². The Bertz CT molecular complexity index is 282. The number of aryl methyl sites for hydroxylation is 1. The quantitative estimate of drug-likeness (QED) is 0.721. The first-order valence-electron chi connectivity index (χ1n) is 5.47. The van der Waals surface area contributed by atoms with Crippen LogP contribution in [-0.4, -0.2) is 18.4 Å². The van der Waals surface area contributed by atoms with Crippen molar-refractivity contribution in [1.82, 2.24) is 5.32 Å². The molecule has 0 amide bonds. The van der Waals surface area contributed by atoms with Gasteiger partial charge in [-0.15, -0.1) is 0 Å². The first-order valence-corrected chi connectivity index (χ1v) is 5.47. The fourth-order valence-corrected chi connectivity index (χ4v) is 1.59. The third kappa shape index (κ3) is 4.75. The van der Waals surface area contributed by atoms with E-state index < -0.39 is 0 Å². The predicted octanol–water partition coefficient (Wildman–Crippen LogP) is 2.18. The van der Waals surface area contributed by atoms with Crippen LogP contribution < -0.4 is 5.32 Å². The Morgan fingerprint density at radius 1 is 1.27 bits per heavy atom. The van der Waals surface area contributed by atoms with Gasteiger partial charge in [-0.3, -0.25) is 0 Å². The summed E-state index contributed by atoms with van der Waals surface area (Å²) in [5.74, 6) is 0. The maximum absolute atomic E-state index is 10.8. The van der Waals surface area contributed by atoms with E-state index in [4.69, 9.17) is 0 Å². The zero-order chi connectivity index (χ0) is 11.1. The average molecular weight is 205 g/mol. The molecule has 0 saturated carbocycles. The van der Waals surface area contributed by atoms with Crippen molar-refractivity contribution in [2.24, 2.45) is 0 Å². The highest BCUT2D eigenvalue weighted by atomic mass is 16.1. The number of hydrogen-bond donors (Lipinski definition) is 1. The van der Waals surface area contributed by atoms with Crippen LogP contribution in [-0.2, 0) is 11.2 Å². The van der Waals surface area contributed by atoms with Gasteiger partial charge in [0.25, 0.3) is 0 Å². The van der Waals surface area contributed by atoms with Crippen LogP contribution in [0.25, 0.3) is 0 Å². The molecule has 1 N–H and O–H groups in total. The van der Waals surface area contributed by atoms with E-state index >= 15 is 0 Å². The van der Waals surface area contributed by atoms with E-state index in [-0.39, 0.29) is 6.04 Å². The van der Waals surface area contributed by atoms with Gasteiger partial charge in [0.15, 0.2) is 0 Å². The Morgan fingerprint density at radius 3 is 2.47 bits per heavy atom. The molecule has 0 radical (unpaired) electrons. The normalized spacial score (nSPS) is 12.7. The molecule has 0 aliphatic carbocycles. The molecular formula is C13H19NO. The highest BCUT2D eigenvalue weighted by molar-refractivity contribution is 5.57. The van der Waals surface area contributed by atoms with Crippen LogP contribution >= 0.6 is 0 Å². The highest BCUT2D eigenvalue weighted by Gasteiger charge is 2.07.